The summed E-state index contributed by atoms with van der Waals surface area (Å²) in [7, 11) is 0. The summed E-state index contributed by atoms with van der Waals surface area (Å²) in [6.45, 7) is 6.79. The number of ether oxygens (including phenoxy) is 3. The number of carbonyl (C=O) groups excluding carboxylic acids is 2. The van der Waals surface area contributed by atoms with E-state index in [0.29, 0.717) is 13.0 Å². The van der Waals surface area contributed by atoms with E-state index in [2.05, 4.69) is 0 Å². The molecule has 0 radical (unpaired) electrons. The van der Waals surface area contributed by atoms with Gasteiger partial charge >= 0.3 is 11.9 Å². The molecule has 0 amide bonds. The summed E-state index contributed by atoms with van der Waals surface area (Å²) in [5, 5.41) is 0. The zero-order chi connectivity index (χ0) is 16.6. The molecule has 0 spiro atoms. The number of esters is 2. The molecular weight excluding hydrogens is 284 g/mol. The number of rotatable bonds is 8. The van der Waals surface area contributed by atoms with Crippen molar-refractivity contribution in [1.82, 2.24) is 0 Å². The molecule has 5 heteroatoms. The van der Waals surface area contributed by atoms with E-state index in [4.69, 9.17) is 14.2 Å². The van der Waals surface area contributed by atoms with Crippen LogP contribution in [-0.4, -0.2) is 30.3 Å². The van der Waals surface area contributed by atoms with Crippen molar-refractivity contribution in [2.24, 2.45) is 0 Å². The Hall–Kier alpha value is -1.88. The van der Waals surface area contributed by atoms with Crippen molar-refractivity contribution in [3.63, 3.8) is 0 Å². The third-order valence-electron chi connectivity index (χ3n) is 3.24. The molecule has 0 saturated carbocycles. The average Bonchev–Trinajstić information content (AvgIpc) is 2.44. The second kappa shape index (κ2) is 8.54. The van der Waals surface area contributed by atoms with E-state index in [0.717, 1.165) is 5.56 Å². The summed E-state index contributed by atoms with van der Waals surface area (Å²) in [5.41, 5.74) is 0.00863. The van der Waals surface area contributed by atoms with E-state index < -0.39 is 23.6 Å². The fraction of sp³-hybridized carbons (Fsp3) is 0.529. The van der Waals surface area contributed by atoms with Crippen LogP contribution < -0.4 is 0 Å². The van der Waals surface area contributed by atoms with Crippen molar-refractivity contribution in [3.05, 3.63) is 35.9 Å². The van der Waals surface area contributed by atoms with Gasteiger partial charge in [0.2, 0.25) is 0 Å². The molecule has 0 N–H and O–H groups in total. The van der Waals surface area contributed by atoms with Gasteiger partial charge < -0.3 is 14.2 Å². The smallest absolute Gasteiger partial charge is 0.303 e. The van der Waals surface area contributed by atoms with Gasteiger partial charge in [-0.3, -0.25) is 9.59 Å². The summed E-state index contributed by atoms with van der Waals surface area (Å²) in [4.78, 5) is 22.6. The lowest BCUT2D eigenvalue weighted by molar-refractivity contribution is -0.192. The summed E-state index contributed by atoms with van der Waals surface area (Å²) in [6, 6.07) is 9.69. The van der Waals surface area contributed by atoms with Gasteiger partial charge in [-0.25, -0.2) is 0 Å². The first-order chi connectivity index (χ1) is 10.4. The molecule has 0 heterocycles. The SMILES string of the molecule is CC[C@H](OC(C)=O)[C@@](C)(COCc1ccccc1)OC(C)=O. The van der Waals surface area contributed by atoms with Crippen molar-refractivity contribution in [1.29, 1.82) is 0 Å². The Balaban J connectivity index is 2.73. The normalized spacial score (nSPS) is 14.7. The minimum atomic E-state index is -1.01. The van der Waals surface area contributed by atoms with E-state index in [-0.39, 0.29) is 6.61 Å². The van der Waals surface area contributed by atoms with Crippen molar-refractivity contribution in [2.45, 2.75) is 52.4 Å². The third-order valence-corrected chi connectivity index (χ3v) is 3.24. The highest BCUT2D eigenvalue weighted by molar-refractivity contribution is 5.67. The first-order valence-corrected chi connectivity index (χ1v) is 7.36. The van der Waals surface area contributed by atoms with Crippen LogP contribution in [-0.2, 0) is 30.4 Å². The van der Waals surface area contributed by atoms with Gasteiger partial charge in [-0.15, -0.1) is 0 Å². The van der Waals surface area contributed by atoms with E-state index >= 15 is 0 Å². The zero-order valence-electron chi connectivity index (χ0n) is 13.6. The zero-order valence-corrected chi connectivity index (χ0v) is 13.6. The number of carbonyl (C=O) groups is 2. The van der Waals surface area contributed by atoms with E-state index in [1.165, 1.54) is 13.8 Å². The summed E-state index contributed by atoms with van der Waals surface area (Å²) in [5.74, 6) is -0.843. The monoisotopic (exact) mass is 308 g/mol. The lowest BCUT2D eigenvalue weighted by atomic mass is 9.97. The molecule has 1 aromatic carbocycles. The Morgan fingerprint density at radius 1 is 1.14 bits per heavy atom. The number of hydrogen-bond acceptors (Lipinski definition) is 5. The lowest BCUT2D eigenvalue weighted by Crippen LogP contribution is -2.49. The molecule has 2 atom stereocenters. The highest BCUT2D eigenvalue weighted by Crippen LogP contribution is 2.23. The molecule has 0 bridgehead atoms. The number of hydrogen-bond donors (Lipinski definition) is 0. The molecule has 0 fully saturated rings. The molecule has 1 rings (SSSR count). The van der Waals surface area contributed by atoms with Crippen LogP contribution in [0.1, 0.15) is 39.7 Å². The Kier molecular flexibility index (Phi) is 7.05. The third kappa shape index (κ3) is 5.85. The van der Waals surface area contributed by atoms with Crippen LogP contribution in [0.3, 0.4) is 0 Å². The van der Waals surface area contributed by atoms with Gasteiger partial charge in [-0.2, -0.15) is 0 Å². The molecular formula is C17H24O5. The first-order valence-electron chi connectivity index (χ1n) is 7.36. The van der Waals surface area contributed by atoms with Crippen molar-refractivity contribution >= 4 is 11.9 Å². The molecule has 0 aromatic heterocycles. The Labute approximate surface area is 131 Å². The van der Waals surface area contributed by atoms with Gasteiger partial charge in [0, 0.05) is 13.8 Å². The molecule has 1 aromatic rings. The van der Waals surface area contributed by atoms with Gasteiger partial charge in [-0.1, -0.05) is 37.3 Å². The Bertz CT molecular complexity index is 485. The van der Waals surface area contributed by atoms with Crippen LogP contribution >= 0.6 is 0 Å². The van der Waals surface area contributed by atoms with E-state index in [9.17, 15) is 9.59 Å². The summed E-state index contributed by atoms with van der Waals surface area (Å²) < 4.78 is 16.3. The van der Waals surface area contributed by atoms with Crippen molar-refractivity contribution < 1.29 is 23.8 Å². The van der Waals surface area contributed by atoms with Crippen LogP contribution in [0.4, 0.5) is 0 Å². The second-order valence-electron chi connectivity index (χ2n) is 5.39. The minimum Gasteiger partial charge on any atom is -0.458 e. The molecule has 122 valence electrons. The van der Waals surface area contributed by atoms with Gasteiger partial charge in [0.15, 0.2) is 5.60 Å². The van der Waals surface area contributed by atoms with Gasteiger partial charge in [-0.05, 0) is 18.9 Å². The van der Waals surface area contributed by atoms with E-state index in [1.54, 1.807) is 6.92 Å². The molecule has 22 heavy (non-hydrogen) atoms. The standard InChI is InChI=1S/C17H24O5/c1-5-16(21-13(2)18)17(4,22-14(3)19)12-20-11-15-9-7-6-8-10-15/h6-10,16H,5,11-12H2,1-4H3/t16-,17+/m0/s1. The highest BCUT2D eigenvalue weighted by Gasteiger charge is 2.39. The second-order valence-corrected chi connectivity index (χ2v) is 5.39. The van der Waals surface area contributed by atoms with Gasteiger partial charge in [0.1, 0.15) is 6.10 Å². The molecule has 0 saturated heterocycles. The van der Waals surface area contributed by atoms with Gasteiger partial charge in [0.05, 0.1) is 13.2 Å². The highest BCUT2D eigenvalue weighted by atomic mass is 16.6. The van der Waals surface area contributed by atoms with Crippen molar-refractivity contribution in [2.75, 3.05) is 6.61 Å². The van der Waals surface area contributed by atoms with Crippen LogP contribution in [0.5, 0.6) is 0 Å². The van der Waals surface area contributed by atoms with Crippen LogP contribution in [0.2, 0.25) is 0 Å². The summed E-state index contributed by atoms with van der Waals surface area (Å²) >= 11 is 0. The van der Waals surface area contributed by atoms with Crippen LogP contribution in [0.25, 0.3) is 0 Å². The molecule has 0 aliphatic carbocycles. The molecule has 0 aliphatic rings. The van der Waals surface area contributed by atoms with Crippen LogP contribution in [0.15, 0.2) is 30.3 Å². The fourth-order valence-electron chi connectivity index (χ4n) is 2.30. The summed E-state index contributed by atoms with van der Waals surface area (Å²) in [6.07, 6.45) is -0.0254. The molecule has 0 unspecified atom stereocenters. The topological polar surface area (TPSA) is 61.8 Å². The maximum absolute atomic E-state index is 11.4. The van der Waals surface area contributed by atoms with Crippen LogP contribution in [0, 0.1) is 0 Å². The predicted octanol–water partition coefficient (Wildman–Crippen LogP) is 2.87. The largest absolute Gasteiger partial charge is 0.458 e. The maximum atomic E-state index is 11.4. The van der Waals surface area contributed by atoms with Gasteiger partial charge in [0.25, 0.3) is 0 Å². The minimum absolute atomic E-state index is 0.146. The van der Waals surface area contributed by atoms with E-state index in [1.807, 2.05) is 37.3 Å². The average molecular weight is 308 g/mol. The van der Waals surface area contributed by atoms with Crippen molar-refractivity contribution in [3.8, 4) is 0 Å². The predicted molar refractivity (Wildman–Crippen MR) is 82.1 cm³/mol. The Morgan fingerprint density at radius 3 is 2.27 bits per heavy atom. The quantitative estimate of drug-likeness (QED) is 0.691. The molecule has 5 nitrogen and oxygen atoms in total. The maximum Gasteiger partial charge on any atom is 0.303 e. The molecule has 0 aliphatic heterocycles. The Morgan fingerprint density at radius 2 is 1.77 bits per heavy atom. The lowest BCUT2D eigenvalue weighted by Gasteiger charge is -2.35. The fourth-order valence-corrected chi connectivity index (χ4v) is 2.30. The number of benzene rings is 1. The first kappa shape index (κ1) is 18.2.